The first-order chi connectivity index (χ1) is 9.88. The van der Waals surface area contributed by atoms with Crippen molar-refractivity contribution in [3.05, 3.63) is 35.6 Å². The van der Waals surface area contributed by atoms with Gasteiger partial charge < -0.3 is 15.3 Å². The summed E-state index contributed by atoms with van der Waals surface area (Å²) < 4.78 is 13.3. The third kappa shape index (κ3) is 4.17. The summed E-state index contributed by atoms with van der Waals surface area (Å²) in [6.45, 7) is 5.40. The molecule has 4 nitrogen and oxygen atoms in total. The summed E-state index contributed by atoms with van der Waals surface area (Å²) in [5.74, 6) is -0.272. The molecular formula is C16H23FN2O2. The summed E-state index contributed by atoms with van der Waals surface area (Å²) in [5, 5.41) is 12.5. The number of aliphatic hydroxyl groups is 1. The number of carbonyl (C=O) groups excluding carboxylic acids is 1. The maximum Gasteiger partial charge on any atom is 0.317 e. The molecule has 1 aromatic carbocycles. The number of aliphatic hydroxyl groups excluding tert-OH is 1. The Kier molecular flexibility index (Phi) is 4.83. The number of β-amino-alcohol motifs (C(OH)–C–C–N with tert-alkyl or cyclic N) is 1. The molecule has 0 bridgehead atoms. The largest absolute Gasteiger partial charge is 0.391 e. The van der Waals surface area contributed by atoms with Gasteiger partial charge in [-0.05, 0) is 30.5 Å². The van der Waals surface area contributed by atoms with E-state index in [9.17, 15) is 14.3 Å². The second kappa shape index (κ2) is 6.43. The Morgan fingerprint density at radius 1 is 1.52 bits per heavy atom. The van der Waals surface area contributed by atoms with E-state index in [0.29, 0.717) is 19.6 Å². The molecule has 1 aromatic rings. The van der Waals surface area contributed by atoms with Crippen molar-refractivity contribution < 1.29 is 14.3 Å². The van der Waals surface area contributed by atoms with Gasteiger partial charge in [0, 0.05) is 25.0 Å². The molecule has 116 valence electrons. The molecule has 0 aliphatic carbocycles. The molecule has 0 spiro atoms. The van der Waals surface area contributed by atoms with E-state index in [1.54, 1.807) is 11.0 Å². The lowest BCUT2D eigenvalue weighted by molar-refractivity contribution is 0.0839. The fourth-order valence-corrected chi connectivity index (χ4v) is 2.56. The van der Waals surface area contributed by atoms with Gasteiger partial charge in [0.1, 0.15) is 5.82 Å². The van der Waals surface area contributed by atoms with Gasteiger partial charge in [-0.1, -0.05) is 26.0 Å². The Hall–Kier alpha value is -1.62. The fourth-order valence-electron chi connectivity index (χ4n) is 2.56. The zero-order valence-corrected chi connectivity index (χ0v) is 12.6. The summed E-state index contributed by atoms with van der Waals surface area (Å²) in [4.78, 5) is 13.8. The van der Waals surface area contributed by atoms with Crippen LogP contribution in [0.3, 0.4) is 0 Å². The Morgan fingerprint density at radius 3 is 2.95 bits per heavy atom. The third-order valence-corrected chi connectivity index (χ3v) is 3.97. The number of rotatable bonds is 3. The normalized spacial score (nSPS) is 19.4. The average Bonchev–Trinajstić information content (AvgIpc) is 2.45. The molecule has 1 aliphatic heterocycles. The van der Waals surface area contributed by atoms with Crippen molar-refractivity contribution in [3.8, 4) is 0 Å². The fraction of sp³-hybridized carbons (Fsp3) is 0.562. The van der Waals surface area contributed by atoms with E-state index in [2.05, 4.69) is 5.32 Å². The van der Waals surface area contributed by atoms with Gasteiger partial charge in [0.2, 0.25) is 0 Å². The lowest BCUT2D eigenvalue weighted by atomic mass is 9.84. The topological polar surface area (TPSA) is 52.6 Å². The van der Waals surface area contributed by atoms with Gasteiger partial charge in [-0.15, -0.1) is 0 Å². The van der Waals surface area contributed by atoms with E-state index in [4.69, 9.17) is 0 Å². The minimum Gasteiger partial charge on any atom is -0.391 e. The Labute approximate surface area is 125 Å². The Balaban J connectivity index is 1.93. The first-order valence-corrected chi connectivity index (χ1v) is 7.35. The van der Waals surface area contributed by atoms with Crippen LogP contribution in [0.4, 0.5) is 9.18 Å². The van der Waals surface area contributed by atoms with E-state index < -0.39 is 6.10 Å². The highest BCUT2D eigenvalue weighted by molar-refractivity contribution is 5.74. The second-order valence-corrected chi connectivity index (χ2v) is 6.30. The van der Waals surface area contributed by atoms with Crippen LogP contribution in [0.1, 0.15) is 32.3 Å². The smallest absolute Gasteiger partial charge is 0.317 e. The number of hydrogen-bond donors (Lipinski definition) is 2. The van der Waals surface area contributed by atoms with Crippen molar-refractivity contribution in [1.29, 1.82) is 0 Å². The van der Waals surface area contributed by atoms with E-state index in [0.717, 1.165) is 18.4 Å². The first kappa shape index (κ1) is 15.8. The highest BCUT2D eigenvalue weighted by atomic mass is 19.1. The van der Waals surface area contributed by atoms with Crippen molar-refractivity contribution in [2.75, 3.05) is 19.6 Å². The molecular weight excluding hydrogens is 271 g/mol. The molecule has 1 saturated heterocycles. The second-order valence-electron chi connectivity index (χ2n) is 6.30. The van der Waals surface area contributed by atoms with Crippen molar-refractivity contribution in [3.63, 3.8) is 0 Å². The number of nitrogens with one attached hydrogen (secondary N) is 1. The lowest BCUT2D eigenvalue weighted by Crippen LogP contribution is -2.49. The minimum absolute atomic E-state index is 0.168. The molecule has 1 atom stereocenters. The van der Waals surface area contributed by atoms with E-state index in [-0.39, 0.29) is 17.3 Å². The highest BCUT2D eigenvalue weighted by Gasteiger charge is 2.25. The molecule has 21 heavy (non-hydrogen) atoms. The lowest BCUT2D eigenvalue weighted by Gasteiger charge is -2.32. The number of amides is 2. The van der Waals surface area contributed by atoms with Crippen LogP contribution >= 0.6 is 0 Å². The number of halogens is 1. The van der Waals surface area contributed by atoms with E-state index >= 15 is 0 Å². The van der Waals surface area contributed by atoms with Crippen LogP contribution in [0, 0.1) is 5.82 Å². The molecule has 0 radical (unpaired) electrons. The van der Waals surface area contributed by atoms with Gasteiger partial charge in [0.15, 0.2) is 0 Å². The van der Waals surface area contributed by atoms with Crippen LogP contribution in [0.15, 0.2) is 24.3 Å². The van der Waals surface area contributed by atoms with Crippen LogP contribution in [0.25, 0.3) is 0 Å². The third-order valence-electron chi connectivity index (χ3n) is 3.97. The molecule has 1 unspecified atom stereocenters. The van der Waals surface area contributed by atoms with Crippen LogP contribution in [-0.2, 0) is 5.41 Å². The maximum atomic E-state index is 13.3. The van der Waals surface area contributed by atoms with Gasteiger partial charge in [0.25, 0.3) is 0 Å². The Bertz CT molecular complexity index is 505. The van der Waals surface area contributed by atoms with Gasteiger partial charge in [-0.2, -0.15) is 0 Å². The number of hydrogen-bond acceptors (Lipinski definition) is 2. The van der Waals surface area contributed by atoms with Crippen LogP contribution in [0.2, 0.25) is 0 Å². The van der Waals surface area contributed by atoms with E-state index in [1.165, 1.54) is 12.1 Å². The summed E-state index contributed by atoms with van der Waals surface area (Å²) in [5.41, 5.74) is 0.494. The summed E-state index contributed by atoms with van der Waals surface area (Å²) in [6.07, 6.45) is 1.14. The molecule has 2 rings (SSSR count). The predicted molar refractivity (Wildman–Crippen MR) is 79.6 cm³/mol. The quantitative estimate of drug-likeness (QED) is 0.898. The molecule has 5 heteroatoms. The summed E-state index contributed by atoms with van der Waals surface area (Å²) in [7, 11) is 0. The number of benzene rings is 1. The van der Waals surface area contributed by atoms with Crippen LogP contribution < -0.4 is 5.32 Å². The first-order valence-electron chi connectivity index (χ1n) is 7.35. The monoisotopic (exact) mass is 294 g/mol. The predicted octanol–water partition coefficient (Wildman–Crippen LogP) is 2.27. The number of nitrogens with zero attached hydrogens (tertiary/aromatic N) is 1. The molecule has 2 amide bonds. The maximum absolute atomic E-state index is 13.3. The number of urea groups is 1. The average molecular weight is 294 g/mol. The van der Waals surface area contributed by atoms with Gasteiger partial charge >= 0.3 is 6.03 Å². The zero-order chi connectivity index (χ0) is 15.5. The van der Waals surface area contributed by atoms with Gasteiger partial charge in [-0.3, -0.25) is 0 Å². The van der Waals surface area contributed by atoms with Crippen molar-refractivity contribution in [1.82, 2.24) is 10.2 Å². The summed E-state index contributed by atoms with van der Waals surface area (Å²) >= 11 is 0. The Morgan fingerprint density at radius 2 is 2.29 bits per heavy atom. The highest BCUT2D eigenvalue weighted by Crippen LogP contribution is 2.23. The minimum atomic E-state index is -0.430. The van der Waals surface area contributed by atoms with Crippen LogP contribution in [0.5, 0.6) is 0 Å². The molecule has 0 saturated carbocycles. The molecule has 1 fully saturated rings. The summed E-state index contributed by atoms with van der Waals surface area (Å²) in [6, 6.07) is 6.28. The molecule has 1 heterocycles. The molecule has 0 aromatic heterocycles. The van der Waals surface area contributed by atoms with Gasteiger partial charge in [0.05, 0.1) is 6.10 Å². The van der Waals surface area contributed by atoms with E-state index in [1.807, 2.05) is 19.9 Å². The molecule has 2 N–H and O–H groups in total. The standard InChI is InChI=1S/C16H23FN2O2/c1-16(2,12-5-3-6-13(17)9-12)11-18-15(21)19-8-4-7-14(20)10-19/h3,5-6,9,14,20H,4,7-8,10-11H2,1-2H3,(H,18,21). The van der Waals surface area contributed by atoms with Crippen molar-refractivity contribution in [2.24, 2.45) is 0 Å². The number of carbonyl (C=O) groups is 1. The van der Waals surface area contributed by atoms with Crippen LogP contribution in [-0.4, -0.2) is 41.8 Å². The SMILES string of the molecule is CC(C)(CNC(=O)N1CCCC(O)C1)c1cccc(F)c1. The molecule has 1 aliphatic rings. The van der Waals surface area contributed by atoms with Crippen molar-refractivity contribution >= 4 is 6.03 Å². The number of piperidine rings is 1. The van der Waals surface area contributed by atoms with Gasteiger partial charge in [-0.25, -0.2) is 9.18 Å². The zero-order valence-electron chi connectivity index (χ0n) is 12.6. The van der Waals surface area contributed by atoms with Crippen molar-refractivity contribution in [2.45, 2.75) is 38.2 Å². The number of likely N-dealkylation sites (tertiary alicyclic amines) is 1.